The minimum atomic E-state index is 0.318. The van der Waals surface area contributed by atoms with Gasteiger partial charge in [-0.3, -0.25) is 0 Å². The molecule has 88 valence electrons. The van der Waals surface area contributed by atoms with Crippen LogP contribution in [0.25, 0.3) is 0 Å². The molecule has 1 aliphatic heterocycles. The molecule has 1 aliphatic rings. The van der Waals surface area contributed by atoms with E-state index in [1.54, 1.807) is 6.07 Å². The van der Waals surface area contributed by atoms with Crippen molar-refractivity contribution >= 4 is 0 Å². The minimum absolute atomic E-state index is 0.318. The Hall–Kier alpha value is -1.06. The smallest absolute Gasteiger partial charge is 0.115 e. The van der Waals surface area contributed by atoms with Crippen LogP contribution in [0.3, 0.4) is 0 Å². The zero-order chi connectivity index (χ0) is 11.5. The van der Waals surface area contributed by atoms with Gasteiger partial charge in [0.15, 0.2) is 0 Å². The zero-order valence-electron chi connectivity index (χ0n) is 9.96. The SMILES string of the molecule is CC(C)NCC1NCCc2ccc(O)cc21. The van der Waals surface area contributed by atoms with E-state index in [1.165, 1.54) is 11.1 Å². The van der Waals surface area contributed by atoms with Gasteiger partial charge in [0, 0.05) is 18.6 Å². The summed E-state index contributed by atoms with van der Waals surface area (Å²) in [5.41, 5.74) is 2.59. The summed E-state index contributed by atoms with van der Waals surface area (Å²) in [5, 5.41) is 16.5. The second-order valence-corrected chi connectivity index (χ2v) is 4.70. The minimum Gasteiger partial charge on any atom is -0.508 e. The molecule has 3 heteroatoms. The molecular weight excluding hydrogens is 200 g/mol. The van der Waals surface area contributed by atoms with Crippen LogP contribution in [0.15, 0.2) is 18.2 Å². The fourth-order valence-corrected chi connectivity index (χ4v) is 2.16. The van der Waals surface area contributed by atoms with Gasteiger partial charge >= 0.3 is 0 Å². The Morgan fingerprint density at radius 3 is 3.06 bits per heavy atom. The van der Waals surface area contributed by atoms with E-state index in [0.29, 0.717) is 17.8 Å². The van der Waals surface area contributed by atoms with Gasteiger partial charge in [-0.2, -0.15) is 0 Å². The summed E-state index contributed by atoms with van der Waals surface area (Å²) in [6, 6.07) is 6.50. The second-order valence-electron chi connectivity index (χ2n) is 4.70. The second kappa shape index (κ2) is 4.85. The van der Waals surface area contributed by atoms with Crippen molar-refractivity contribution in [3.8, 4) is 5.75 Å². The lowest BCUT2D eigenvalue weighted by Gasteiger charge is -2.28. The number of aromatic hydroxyl groups is 1. The summed E-state index contributed by atoms with van der Waals surface area (Å²) in [7, 11) is 0. The Kier molecular flexibility index (Phi) is 3.46. The van der Waals surface area contributed by atoms with E-state index in [4.69, 9.17) is 0 Å². The lowest BCUT2D eigenvalue weighted by atomic mass is 9.94. The average Bonchev–Trinajstić information content (AvgIpc) is 2.26. The van der Waals surface area contributed by atoms with Gasteiger partial charge in [-0.25, -0.2) is 0 Å². The van der Waals surface area contributed by atoms with Crippen LogP contribution < -0.4 is 10.6 Å². The molecule has 0 fully saturated rings. The maximum absolute atomic E-state index is 9.54. The van der Waals surface area contributed by atoms with E-state index < -0.39 is 0 Å². The molecule has 3 nitrogen and oxygen atoms in total. The molecule has 1 unspecified atom stereocenters. The van der Waals surface area contributed by atoms with Crippen molar-refractivity contribution in [3.05, 3.63) is 29.3 Å². The molecular formula is C13H20N2O. The first kappa shape index (κ1) is 11.4. The third-order valence-electron chi connectivity index (χ3n) is 3.02. The summed E-state index contributed by atoms with van der Waals surface area (Å²) in [5.74, 6) is 0.358. The van der Waals surface area contributed by atoms with Crippen LogP contribution in [-0.4, -0.2) is 24.2 Å². The zero-order valence-corrected chi connectivity index (χ0v) is 9.96. The molecule has 0 aromatic heterocycles. The van der Waals surface area contributed by atoms with Crippen LogP contribution in [0.1, 0.15) is 31.0 Å². The Bertz CT molecular complexity index is 363. The van der Waals surface area contributed by atoms with Crippen LogP contribution in [0.2, 0.25) is 0 Å². The van der Waals surface area contributed by atoms with Gasteiger partial charge in [-0.15, -0.1) is 0 Å². The first-order chi connectivity index (χ1) is 7.66. The molecule has 1 aromatic rings. The summed E-state index contributed by atoms with van der Waals surface area (Å²) < 4.78 is 0. The van der Waals surface area contributed by atoms with E-state index in [0.717, 1.165) is 19.5 Å². The van der Waals surface area contributed by atoms with Crippen molar-refractivity contribution in [3.63, 3.8) is 0 Å². The maximum Gasteiger partial charge on any atom is 0.115 e. The average molecular weight is 220 g/mol. The van der Waals surface area contributed by atoms with E-state index >= 15 is 0 Å². The highest BCUT2D eigenvalue weighted by molar-refractivity contribution is 5.38. The van der Waals surface area contributed by atoms with E-state index in [-0.39, 0.29) is 0 Å². The summed E-state index contributed by atoms with van der Waals surface area (Å²) in [4.78, 5) is 0. The molecule has 3 N–H and O–H groups in total. The number of fused-ring (bicyclic) bond motifs is 1. The fourth-order valence-electron chi connectivity index (χ4n) is 2.16. The van der Waals surface area contributed by atoms with Crippen LogP contribution in [0.4, 0.5) is 0 Å². The molecule has 2 rings (SSSR count). The quantitative estimate of drug-likeness (QED) is 0.724. The highest BCUT2D eigenvalue weighted by atomic mass is 16.3. The summed E-state index contributed by atoms with van der Waals surface area (Å²) in [6.07, 6.45) is 1.05. The molecule has 1 atom stereocenters. The van der Waals surface area contributed by atoms with Crippen LogP contribution in [0.5, 0.6) is 5.75 Å². The van der Waals surface area contributed by atoms with Gasteiger partial charge in [0.25, 0.3) is 0 Å². The van der Waals surface area contributed by atoms with Gasteiger partial charge in [0.05, 0.1) is 0 Å². The predicted molar refractivity (Wildman–Crippen MR) is 65.7 cm³/mol. The maximum atomic E-state index is 9.54. The molecule has 1 heterocycles. The predicted octanol–water partition coefficient (Wildman–Crippen LogP) is 1.58. The molecule has 0 aliphatic carbocycles. The first-order valence-corrected chi connectivity index (χ1v) is 5.95. The Labute approximate surface area is 96.9 Å². The van der Waals surface area contributed by atoms with Crippen molar-refractivity contribution in [2.45, 2.75) is 32.4 Å². The highest BCUT2D eigenvalue weighted by Gasteiger charge is 2.19. The van der Waals surface area contributed by atoms with Crippen molar-refractivity contribution in [2.75, 3.05) is 13.1 Å². The van der Waals surface area contributed by atoms with E-state index in [9.17, 15) is 5.11 Å². The number of phenolic OH excluding ortho intramolecular Hbond substituents is 1. The topological polar surface area (TPSA) is 44.3 Å². The number of nitrogens with one attached hydrogen (secondary N) is 2. The fraction of sp³-hybridized carbons (Fsp3) is 0.538. The highest BCUT2D eigenvalue weighted by Crippen LogP contribution is 2.26. The van der Waals surface area contributed by atoms with Gasteiger partial charge in [-0.05, 0) is 36.2 Å². The van der Waals surface area contributed by atoms with Gasteiger partial charge in [0.2, 0.25) is 0 Å². The number of rotatable bonds is 3. The molecule has 0 saturated carbocycles. The van der Waals surface area contributed by atoms with Crippen LogP contribution in [-0.2, 0) is 6.42 Å². The van der Waals surface area contributed by atoms with Gasteiger partial charge < -0.3 is 15.7 Å². The standard InChI is InChI=1S/C13H20N2O/c1-9(2)15-8-13-12-7-11(16)4-3-10(12)5-6-14-13/h3-4,7,9,13-16H,5-6,8H2,1-2H3. The van der Waals surface area contributed by atoms with Crippen molar-refractivity contribution < 1.29 is 5.11 Å². The Morgan fingerprint density at radius 1 is 1.50 bits per heavy atom. The van der Waals surface area contributed by atoms with Crippen LogP contribution >= 0.6 is 0 Å². The van der Waals surface area contributed by atoms with Gasteiger partial charge in [-0.1, -0.05) is 19.9 Å². The largest absolute Gasteiger partial charge is 0.508 e. The Balaban J connectivity index is 2.15. The normalized spacial score (nSPS) is 19.8. The molecule has 0 spiro atoms. The lowest BCUT2D eigenvalue weighted by molar-refractivity contribution is 0.439. The number of hydrogen-bond acceptors (Lipinski definition) is 3. The summed E-state index contributed by atoms with van der Waals surface area (Å²) in [6.45, 7) is 6.22. The third kappa shape index (κ3) is 2.54. The first-order valence-electron chi connectivity index (χ1n) is 5.95. The van der Waals surface area contributed by atoms with Crippen molar-refractivity contribution in [2.24, 2.45) is 0 Å². The monoisotopic (exact) mass is 220 g/mol. The van der Waals surface area contributed by atoms with E-state index in [1.807, 2.05) is 12.1 Å². The molecule has 0 radical (unpaired) electrons. The molecule has 16 heavy (non-hydrogen) atoms. The number of benzene rings is 1. The lowest BCUT2D eigenvalue weighted by Crippen LogP contribution is -2.38. The number of hydrogen-bond donors (Lipinski definition) is 3. The van der Waals surface area contributed by atoms with Crippen molar-refractivity contribution in [1.29, 1.82) is 0 Å². The van der Waals surface area contributed by atoms with Crippen LogP contribution in [0, 0.1) is 0 Å². The van der Waals surface area contributed by atoms with Crippen molar-refractivity contribution in [1.82, 2.24) is 10.6 Å². The van der Waals surface area contributed by atoms with Gasteiger partial charge in [0.1, 0.15) is 5.75 Å². The Morgan fingerprint density at radius 2 is 2.31 bits per heavy atom. The van der Waals surface area contributed by atoms with E-state index in [2.05, 4.69) is 24.5 Å². The third-order valence-corrected chi connectivity index (χ3v) is 3.02. The molecule has 1 aromatic carbocycles. The summed E-state index contributed by atoms with van der Waals surface area (Å²) >= 11 is 0. The molecule has 0 saturated heterocycles. The number of phenols is 1. The molecule has 0 amide bonds. The molecule has 0 bridgehead atoms.